The Balaban J connectivity index is 1.74. The van der Waals surface area contributed by atoms with E-state index in [0.717, 1.165) is 31.5 Å². The monoisotopic (exact) mass is 283 g/mol. The third kappa shape index (κ3) is 3.30. The molecule has 2 rings (SSSR count). The zero-order chi connectivity index (χ0) is 11.4. The molecule has 1 N–H and O–H groups in total. The highest BCUT2D eigenvalue weighted by Gasteiger charge is 2.37. The van der Waals surface area contributed by atoms with Crippen molar-refractivity contribution in [1.82, 2.24) is 5.32 Å². The number of hydrogen-bond donors (Lipinski definition) is 1. The van der Waals surface area contributed by atoms with E-state index < -0.39 is 0 Å². The van der Waals surface area contributed by atoms with Gasteiger partial charge in [-0.15, -0.1) is 0 Å². The van der Waals surface area contributed by atoms with Crippen molar-refractivity contribution in [2.45, 2.75) is 12.3 Å². The lowest BCUT2D eigenvalue weighted by molar-refractivity contribution is 0.199. The van der Waals surface area contributed by atoms with Gasteiger partial charge >= 0.3 is 0 Å². The molecule has 1 aromatic carbocycles. The van der Waals surface area contributed by atoms with Crippen LogP contribution in [0.3, 0.4) is 0 Å². The summed E-state index contributed by atoms with van der Waals surface area (Å²) in [6, 6.07) is 8.66. The van der Waals surface area contributed by atoms with Crippen molar-refractivity contribution in [3.05, 3.63) is 34.3 Å². The zero-order valence-corrected chi connectivity index (χ0v) is 11.2. The van der Waals surface area contributed by atoms with Crippen LogP contribution in [0.2, 0.25) is 0 Å². The summed E-state index contributed by atoms with van der Waals surface area (Å²) in [4.78, 5) is 0. The minimum absolute atomic E-state index is 0.757. The maximum atomic E-state index is 5.00. The Morgan fingerprint density at radius 3 is 3.12 bits per heavy atom. The molecule has 1 fully saturated rings. The molecule has 0 heterocycles. The highest BCUT2D eigenvalue weighted by atomic mass is 79.9. The predicted octanol–water partition coefficient (Wildman–Crippen LogP) is 2.79. The zero-order valence-electron chi connectivity index (χ0n) is 9.58. The molecule has 0 spiro atoms. The molecular formula is C13H18BrNO. The van der Waals surface area contributed by atoms with Crippen molar-refractivity contribution in [3.8, 4) is 0 Å². The van der Waals surface area contributed by atoms with E-state index in [-0.39, 0.29) is 0 Å². The average Bonchev–Trinajstić information content (AvgIpc) is 3.04. The van der Waals surface area contributed by atoms with Gasteiger partial charge in [0.15, 0.2) is 0 Å². The van der Waals surface area contributed by atoms with Gasteiger partial charge in [-0.1, -0.05) is 28.1 Å². The molecule has 0 saturated heterocycles. The van der Waals surface area contributed by atoms with Gasteiger partial charge in [-0.2, -0.15) is 0 Å². The fraction of sp³-hybridized carbons (Fsp3) is 0.538. The van der Waals surface area contributed by atoms with Crippen LogP contribution in [0.25, 0.3) is 0 Å². The lowest BCUT2D eigenvalue weighted by Gasteiger charge is -2.04. The van der Waals surface area contributed by atoms with Gasteiger partial charge in [0.05, 0.1) is 6.61 Å². The summed E-state index contributed by atoms with van der Waals surface area (Å²) in [5.41, 5.74) is 1.47. The summed E-state index contributed by atoms with van der Waals surface area (Å²) < 4.78 is 6.19. The van der Waals surface area contributed by atoms with E-state index in [1.54, 1.807) is 7.11 Å². The van der Waals surface area contributed by atoms with Crippen LogP contribution in [0.4, 0.5) is 0 Å². The molecule has 1 aliphatic carbocycles. The van der Waals surface area contributed by atoms with E-state index in [1.807, 2.05) is 0 Å². The number of nitrogens with one attached hydrogen (secondary N) is 1. The molecule has 1 saturated carbocycles. The first-order chi connectivity index (χ1) is 7.81. The van der Waals surface area contributed by atoms with Crippen LogP contribution >= 0.6 is 15.9 Å². The minimum atomic E-state index is 0.757. The summed E-state index contributed by atoms with van der Waals surface area (Å²) in [5.74, 6) is 1.57. The molecular weight excluding hydrogens is 266 g/mol. The summed E-state index contributed by atoms with van der Waals surface area (Å²) in [6.45, 7) is 2.87. The highest BCUT2D eigenvalue weighted by molar-refractivity contribution is 9.10. The van der Waals surface area contributed by atoms with Crippen molar-refractivity contribution >= 4 is 15.9 Å². The second-order valence-corrected chi connectivity index (χ2v) is 5.27. The van der Waals surface area contributed by atoms with E-state index >= 15 is 0 Å². The Kier molecular flexibility index (Phi) is 4.38. The van der Waals surface area contributed by atoms with Crippen LogP contribution < -0.4 is 5.32 Å². The van der Waals surface area contributed by atoms with Crippen molar-refractivity contribution < 1.29 is 4.74 Å². The Morgan fingerprint density at radius 1 is 1.50 bits per heavy atom. The fourth-order valence-corrected chi connectivity index (χ4v) is 2.50. The first-order valence-electron chi connectivity index (χ1n) is 5.76. The third-order valence-corrected chi connectivity index (χ3v) is 3.58. The largest absolute Gasteiger partial charge is 0.383 e. The maximum absolute atomic E-state index is 5.00. The second-order valence-electron chi connectivity index (χ2n) is 4.35. The van der Waals surface area contributed by atoms with Crippen LogP contribution in [-0.4, -0.2) is 26.8 Å². The van der Waals surface area contributed by atoms with Crippen molar-refractivity contribution in [1.29, 1.82) is 0 Å². The smallest absolute Gasteiger partial charge is 0.0587 e. The van der Waals surface area contributed by atoms with Gasteiger partial charge in [0.25, 0.3) is 0 Å². The van der Waals surface area contributed by atoms with Gasteiger partial charge < -0.3 is 10.1 Å². The molecule has 0 radical (unpaired) electrons. The molecule has 2 nitrogen and oxygen atoms in total. The lowest BCUT2D eigenvalue weighted by Crippen LogP contribution is -2.21. The van der Waals surface area contributed by atoms with Crippen molar-refractivity contribution in [2.75, 3.05) is 26.8 Å². The number of halogens is 1. The van der Waals surface area contributed by atoms with Crippen LogP contribution in [0.15, 0.2) is 28.7 Å². The number of benzene rings is 1. The summed E-state index contributed by atoms with van der Waals surface area (Å²) in [6.07, 6.45) is 1.32. The van der Waals surface area contributed by atoms with E-state index in [4.69, 9.17) is 4.74 Å². The van der Waals surface area contributed by atoms with Crippen LogP contribution in [0.1, 0.15) is 17.9 Å². The van der Waals surface area contributed by atoms with Gasteiger partial charge in [0, 0.05) is 18.1 Å². The van der Waals surface area contributed by atoms with Gasteiger partial charge in [0.2, 0.25) is 0 Å². The van der Waals surface area contributed by atoms with E-state index in [9.17, 15) is 0 Å². The lowest BCUT2D eigenvalue weighted by atomic mass is 10.1. The number of methoxy groups -OCH3 is 1. The molecule has 3 heteroatoms. The second kappa shape index (κ2) is 5.80. The molecule has 2 unspecified atom stereocenters. The fourth-order valence-electron chi connectivity index (χ4n) is 2.08. The number of ether oxygens (including phenoxy) is 1. The Morgan fingerprint density at radius 2 is 2.38 bits per heavy atom. The van der Waals surface area contributed by atoms with Crippen LogP contribution in [0.5, 0.6) is 0 Å². The first-order valence-corrected chi connectivity index (χ1v) is 6.55. The minimum Gasteiger partial charge on any atom is -0.383 e. The Hall–Kier alpha value is -0.380. The summed E-state index contributed by atoms with van der Waals surface area (Å²) >= 11 is 3.52. The van der Waals surface area contributed by atoms with Crippen LogP contribution in [-0.2, 0) is 4.74 Å². The van der Waals surface area contributed by atoms with Gasteiger partial charge in [-0.3, -0.25) is 0 Å². The summed E-state index contributed by atoms with van der Waals surface area (Å²) in [7, 11) is 1.74. The molecule has 16 heavy (non-hydrogen) atoms. The van der Waals surface area contributed by atoms with Crippen molar-refractivity contribution in [2.24, 2.45) is 5.92 Å². The average molecular weight is 284 g/mol. The van der Waals surface area contributed by atoms with Crippen LogP contribution in [0, 0.1) is 5.92 Å². The number of rotatable bonds is 6. The maximum Gasteiger partial charge on any atom is 0.0587 e. The molecule has 1 aromatic rings. The highest BCUT2D eigenvalue weighted by Crippen LogP contribution is 2.47. The molecule has 2 atom stereocenters. The molecule has 0 aliphatic heterocycles. The van der Waals surface area contributed by atoms with Crippen molar-refractivity contribution in [3.63, 3.8) is 0 Å². The Bertz CT molecular complexity index is 342. The SMILES string of the molecule is COCCNCC1CC1c1cccc(Br)c1. The topological polar surface area (TPSA) is 21.3 Å². The van der Waals surface area contributed by atoms with E-state index in [2.05, 4.69) is 45.5 Å². The van der Waals surface area contributed by atoms with E-state index in [0.29, 0.717) is 0 Å². The van der Waals surface area contributed by atoms with Gasteiger partial charge in [-0.05, 0) is 42.5 Å². The van der Waals surface area contributed by atoms with Gasteiger partial charge in [0.1, 0.15) is 0 Å². The predicted molar refractivity (Wildman–Crippen MR) is 69.7 cm³/mol. The molecule has 0 amide bonds. The number of hydrogen-bond acceptors (Lipinski definition) is 2. The molecule has 0 aromatic heterocycles. The normalized spacial score (nSPS) is 23.4. The molecule has 0 bridgehead atoms. The van der Waals surface area contributed by atoms with Gasteiger partial charge in [-0.25, -0.2) is 0 Å². The standard InChI is InChI=1S/C13H18BrNO/c1-16-6-5-15-9-11-8-13(11)10-3-2-4-12(14)7-10/h2-4,7,11,13,15H,5-6,8-9H2,1H3. The first kappa shape index (κ1) is 12.1. The Labute approximate surface area is 106 Å². The molecule has 1 aliphatic rings. The summed E-state index contributed by atoms with van der Waals surface area (Å²) in [5, 5.41) is 3.43. The quantitative estimate of drug-likeness (QED) is 0.811. The van der Waals surface area contributed by atoms with E-state index in [1.165, 1.54) is 16.5 Å². The third-order valence-electron chi connectivity index (χ3n) is 3.09. The molecule has 88 valence electrons.